The van der Waals surface area contributed by atoms with Gasteiger partial charge >= 0.3 is 0 Å². The van der Waals surface area contributed by atoms with E-state index < -0.39 is 19.7 Å². The van der Waals surface area contributed by atoms with Crippen LogP contribution in [0, 0.1) is 11.3 Å². The van der Waals surface area contributed by atoms with Crippen molar-refractivity contribution in [3.8, 4) is 6.07 Å². The fourth-order valence-electron chi connectivity index (χ4n) is 8.20. The van der Waals surface area contributed by atoms with Crippen LogP contribution >= 0.6 is 8.53 Å². The van der Waals surface area contributed by atoms with Crippen molar-refractivity contribution in [3.63, 3.8) is 0 Å². The van der Waals surface area contributed by atoms with E-state index in [9.17, 15) is 4.89 Å². The summed E-state index contributed by atoms with van der Waals surface area (Å²) in [5.41, 5.74) is 5.12. The van der Waals surface area contributed by atoms with E-state index in [1.54, 1.807) is 14.2 Å². The topological polar surface area (TPSA) is 130 Å². The Labute approximate surface area is 443 Å². The molecule has 0 bridgehead atoms. The molecule has 398 valence electrons. The highest BCUT2D eigenvalue weighted by Gasteiger charge is 2.38. The monoisotopic (exact) mass is 1030 g/mol. The van der Waals surface area contributed by atoms with Crippen LogP contribution in [0.15, 0.2) is 182 Å². The molecule has 0 saturated carbocycles. The van der Waals surface area contributed by atoms with Crippen LogP contribution in [0.4, 0.5) is 0 Å². The van der Waals surface area contributed by atoms with Gasteiger partial charge in [0, 0.05) is 26.3 Å². The van der Waals surface area contributed by atoms with Gasteiger partial charge in [0.15, 0.2) is 0 Å². The molecular formula is C61H79N2O10P. The minimum atomic E-state index is -1.55. The fraction of sp³-hybridized carbons (Fsp3) is 0.393. The molecule has 0 aromatic heterocycles. The van der Waals surface area contributed by atoms with Gasteiger partial charge in [0.25, 0.3) is 8.53 Å². The van der Waals surface area contributed by atoms with Crippen molar-refractivity contribution in [1.29, 1.82) is 5.26 Å². The van der Waals surface area contributed by atoms with Crippen molar-refractivity contribution in [2.45, 2.75) is 57.4 Å². The number of rotatable bonds is 32. The minimum absolute atomic E-state index is 0.244. The van der Waals surface area contributed by atoms with E-state index in [0.29, 0.717) is 92.3 Å². The van der Waals surface area contributed by atoms with Gasteiger partial charge in [0.1, 0.15) is 11.2 Å². The van der Waals surface area contributed by atoms with E-state index >= 15 is 0 Å². The van der Waals surface area contributed by atoms with Crippen LogP contribution in [0.25, 0.3) is 0 Å². The summed E-state index contributed by atoms with van der Waals surface area (Å²) in [5, 5.41) is 8.32. The lowest BCUT2D eigenvalue weighted by atomic mass is 9.80. The molecule has 0 aliphatic heterocycles. The zero-order valence-corrected chi connectivity index (χ0v) is 45.2. The van der Waals surface area contributed by atoms with Crippen molar-refractivity contribution >= 4 is 8.53 Å². The van der Waals surface area contributed by atoms with Crippen LogP contribution in [0.1, 0.15) is 67.5 Å². The Morgan fingerprint density at radius 1 is 0.405 bits per heavy atom. The van der Waals surface area contributed by atoms with E-state index in [0.717, 1.165) is 33.4 Å². The standard InChI is InChI=1S/2C26H30O4.C9H19N2O2P/c2*1-27-17-18-28-19-20-29-21-22-30-26(23-11-5-2-6-12-23,24-13-7-3-8-14-24)25-15-9-4-10-16-25;1-8(2)11(9(3)4)14(12)13-7-5-6-10/h2*2-16H,17-22H2,1H3;8-9,12H,5,7H2,1-4H3. The number of benzene rings is 6. The second-order valence-electron chi connectivity index (χ2n) is 17.3. The van der Waals surface area contributed by atoms with Crippen molar-refractivity contribution in [2.75, 3.05) is 100 Å². The van der Waals surface area contributed by atoms with Gasteiger partial charge in [0.2, 0.25) is 0 Å². The van der Waals surface area contributed by atoms with E-state index in [1.165, 1.54) is 0 Å². The third-order valence-corrected chi connectivity index (χ3v) is 13.2. The highest BCUT2D eigenvalue weighted by molar-refractivity contribution is 7.43. The number of methoxy groups -OCH3 is 2. The van der Waals surface area contributed by atoms with Gasteiger partial charge in [-0.2, -0.15) is 5.26 Å². The molecule has 0 heterocycles. The number of nitriles is 1. The molecule has 74 heavy (non-hydrogen) atoms. The van der Waals surface area contributed by atoms with Gasteiger partial charge in [-0.05, 0) is 61.1 Å². The van der Waals surface area contributed by atoms with E-state index in [2.05, 4.69) is 72.8 Å². The molecule has 0 radical (unpaired) electrons. The van der Waals surface area contributed by atoms with Gasteiger partial charge in [-0.3, -0.25) is 0 Å². The van der Waals surface area contributed by atoms with Crippen LogP contribution in [-0.4, -0.2) is 122 Å². The number of nitrogens with zero attached hydrogens (tertiary/aromatic N) is 2. The fourth-order valence-corrected chi connectivity index (χ4v) is 9.38. The number of hydrogen-bond donors (Lipinski definition) is 1. The summed E-state index contributed by atoms with van der Waals surface area (Å²) in [5.74, 6) is 0. The zero-order chi connectivity index (χ0) is 53.0. The molecule has 0 amide bonds. The first-order valence-corrected chi connectivity index (χ1v) is 26.6. The number of ether oxygens (including phenoxy) is 8. The molecule has 0 fully saturated rings. The highest BCUT2D eigenvalue weighted by Crippen LogP contribution is 2.42. The SMILES string of the molecule is CC(C)N(C(C)C)P(O)OCCC#N.COCCOCCOCCOC(c1ccccc1)(c1ccccc1)c1ccccc1.COCCOCCOCCOC(c1ccccc1)(c1ccccc1)c1ccccc1. The Morgan fingerprint density at radius 2 is 0.649 bits per heavy atom. The Morgan fingerprint density at radius 3 is 0.878 bits per heavy atom. The van der Waals surface area contributed by atoms with Crippen molar-refractivity contribution in [1.82, 2.24) is 4.67 Å². The molecule has 0 aliphatic carbocycles. The predicted octanol–water partition coefficient (Wildman–Crippen LogP) is 11.6. The largest absolute Gasteiger partial charge is 0.382 e. The summed E-state index contributed by atoms with van der Waals surface area (Å²) in [6, 6.07) is 64.6. The lowest BCUT2D eigenvalue weighted by Crippen LogP contribution is -2.34. The Hall–Kier alpha value is -5.20. The summed E-state index contributed by atoms with van der Waals surface area (Å²) in [7, 11) is 1.77. The van der Waals surface area contributed by atoms with Crippen LogP contribution in [0.2, 0.25) is 0 Å². The molecule has 6 aromatic carbocycles. The maximum Gasteiger partial charge on any atom is 0.256 e. The first kappa shape index (κ1) is 61.3. The summed E-state index contributed by atoms with van der Waals surface area (Å²) in [6.07, 6.45) is 0.323. The third kappa shape index (κ3) is 20.2. The van der Waals surface area contributed by atoms with Crippen LogP contribution in [0.5, 0.6) is 0 Å². The van der Waals surface area contributed by atoms with Crippen LogP contribution < -0.4 is 0 Å². The van der Waals surface area contributed by atoms with E-state index in [-0.39, 0.29) is 12.1 Å². The molecule has 13 heteroatoms. The predicted molar refractivity (Wildman–Crippen MR) is 295 cm³/mol. The van der Waals surface area contributed by atoms with Gasteiger partial charge in [-0.15, -0.1) is 0 Å². The molecule has 12 nitrogen and oxygen atoms in total. The zero-order valence-electron chi connectivity index (χ0n) is 44.3. The summed E-state index contributed by atoms with van der Waals surface area (Å²) in [6.45, 7) is 14.7. The van der Waals surface area contributed by atoms with E-state index in [1.807, 2.05) is 148 Å². The Kier molecular flexibility index (Phi) is 30.4. The molecule has 0 saturated heterocycles. The average molecular weight is 1030 g/mol. The molecule has 1 atom stereocenters. The maximum atomic E-state index is 9.74. The third-order valence-electron chi connectivity index (χ3n) is 11.5. The smallest absolute Gasteiger partial charge is 0.256 e. The lowest BCUT2D eigenvalue weighted by molar-refractivity contribution is -0.0357. The van der Waals surface area contributed by atoms with Crippen LogP contribution in [0.3, 0.4) is 0 Å². The normalized spacial score (nSPS) is 11.9. The molecule has 6 aromatic rings. The summed E-state index contributed by atoms with van der Waals surface area (Å²) >= 11 is 0. The Balaban J connectivity index is 0.000000257. The maximum absolute atomic E-state index is 9.74. The molecule has 6 rings (SSSR count). The first-order chi connectivity index (χ1) is 36.3. The van der Waals surface area contributed by atoms with Crippen LogP contribution in [-0.2, 0) is 53.6 Å². The van der Waals surface area contributed by atoms with Gasteiger partial charge in [-0.25, -0.2) is 4.67 Å². The van der Waals surface area contributed by atoms with E-state index in [4.69, 9.17) is 47.7 Å². The number of hydrogen-bond acceptors (Lipinski definition) is 12. The first-order valence-electron chi connectivity index (χ1n) is 25.4. The molecule has 0 spiro atoms. The second kappa shape index (κ2) is 36.7. The molecule has 1 N–H and O–H groups in total. The molecule has 1 unspecified atom stereocenters. The molecule has 0 aliphatic rings. The highest BCUT2D eigenvalue weighted by atomic mass is 31.2. The molecular weight excluding hydrogens is 952 g/mol. The minimum Gasteiger partial charge on any atom is -0.382 e. The average Bonchev–Trinajstić information content (AvgIpc) is 3.44. The van der Waals surface area contributed by atoms with Gasteiger partial charge < -0.3 is 47.3 Å². The summed E-state index contributed by atoms with van der Waals surface area (Å²) < 4.78 is 52.7. The van der Waals surface area contributed by atoms with Gasteiger partial charge in [0.05, 0.1) is 98.4 Å². The van der Waals surface area contributed by atoms with Crippen molar-refractivity contribution in [3.05, 3.63) is 215 Å². The summed E-state index contributed by atoms with van der Waals surface area (Å²) in [4.78, 5) is 9.74. The van der Waals surface area contributed by atoms with Gasteiger partial charge in [-0.1, -0.05) is 182 Å². The quantitative estimate of drug-likeness (QED) is 0.0245. The van der Waals surface area contributed by atoms with Crippen molar-refractivity contribution in [2.24, 2.45) is 0 Å². The Bertz CT molecular complexity index is 1970. The van der Waals surface area contributed by atoms with Crippen molar-refractivity contribution < 1.29 is 47.3 Å². The lowest BCUT2D eigenvalue weighted by Gasteiger charge is -2.36. The second-order valence-corrected chi connectivity index (χ2v) is 18.5.